The van der Waals surface area contributed by atoms with Gasteiger partial charge < -0.3 is 16.5 Å². The van der Waals surface area contributed by atoms with Gasteiger partial charge in [-0.2, -0.15) is 0 Å². The fourth-order valence-electron chi connectivity index (χ4n) is 1.90. The number of nitrogens with one attached hydrogen (secondary N) is 1. The van der Waals surface area contributed by atoms with Crippen LogP contribution in [-0.2, 0) is 0 Å². The number of nitrogens with two attached hydrogens (primary N) is 2. The molecule has 0 spiro atoms. The Morgan fingerprint density at radius 1 is 1.50 bits per heavy atom. The summed E-state index contributed by atoms with van der Waals surface area (Å²) in [4.78, 5) is 7.35. The summed E-state index contributed by atoms with van der Waals surface area (Å²) in [6, 6.07) is 1.78. The zero-order chi connectivity index (χ0) is 13.1. The maximum Gasteiger partial charge on any atom is 0.139 e. The predicted molar refractivity (Wildman–Crippen MR) is 76.6 cm³/mol. The van der Waals surface area contributed by atoms with Crippen LogP contribution in [0.3, 0.4) is 0 Å². The molecule has 0 radical (unpaired) electrons. The third kappa shape index (κ3) is 2.13. The van der Waals surface area contributed by atoms with Gasteiger partial charge in [0.25, 0.3) is 0 Å². The van der Waals surface area contributed by atoms with Gasteiger partial charge in [0, 0.05) is 34.7 Å². The highest BCUT2D eigenvalue weighted by atomic mass is 14.8. The van der Waals surface area contributed by atoms with E-state index in [0.29, 0.717) is 11.4 Å². The summed E-state index contributed by atoms with van der Waals surface area (Å²) in [6.07, 6.45) is 9.28. The van der Waals surface area contributed by atoms with E-state index in [1.165, 1.54) is 0 Å². The molecule has 2 rings (SSSR count). The number of anilines is 1. The molecular weight excluding hydrogens is 224 g/mol. The molecule has 2 heterocycles. The van der Waals surface area contributed by atoms with Crippen LogP contribution in [0.2, 0.25) is 0 Å². The highest BCUT2D eigenvalue weighted by Gasteiger charge is 2.10. The SMILES string of the molecule is C=C(N)/C=C(\C=C/C)c1c[nH]c2nccc(N)c12. The molecule has 0 bridgehead atoms. The number of aromatic amines is 1. The van der Waals surface area contributed by atoms with Crippen molar-refractivity contribution in [2.75, 3.05) is 5.73 Å². The molecule has 18 heavy (non-hydrogen) atoms. The zero-order valence-corrected chi connectivity index (χ0v) is 10.3. The largest absolute Gasteiger partial charge is 0.399 e. The minimum atomic E-state index is 0.500. The molecule has 0 saturated heterocycles. The number of pyridine rings is 1. The Hall–Kier alpha value is -2.49. The van der Waals surface area contributed by atoms with Gasteiger partial charge in [-0.15, -0.1) is 0 Å². The first-order valence-corrected chi connectivity index (χ1v) is 5.64. The zero-order valence-electron chi connectivity index (χ0n) is 10.3. The summed E-state index contributed by atoms with van der Waals surface area (Å²) in [5.74, 6) is 0. The lowest BCUT2D eigenvalue weighted by Crippen LogP contribution is -1.93. The summed E-state index contributed by atoms with van der Waals surface area (Å²) in [5.41, 5.74) is 15.5. The van der Waals surface area contributed by atoms with E-state index in [2.05, 4.69) is 16.5 Å². The van der Waals surface area contributed by atoms with Crippen LogP contribution in [0.25, 0.3) is 16.6 Å². The van der Waals surface area contributed by atoms with E-state index in [1.54, 1.807) is 12.3 Å². The van der Waals surface area contributed by atoms with Gasteiger partial charge in [-0.25, -0.2) is 4.98 Å². The Morgan fingerprint density at radius 3 is 2.94 bits per heavy atom. The highest BCUT2D eigenvalue weighted by molar-refractivity contribution is 6.00. The summed E-state index contributed by atoms with van der Waals surface area (Å²) in [7, 11) is 0. The van der Waals surface area contributed by atoms with Crippen LogP contribution >= 0.6 is 0 Å². The number of hydrogen-bond donors (Lipinski definition) is 3. The van der Waals surface area contributed by atoms with Crippen molar-refractivity contribution in [3.63, 3.8) is 0 Å². The van der Waals surface area contributed by atoms with E-state index < -0.39 is 0 Å². The van der Waals surface area contributed by atoms with Gasteiger partial charge in [-0.1, -0.05) is 18.7 Å². The van der Waals surface area contributed by atoms with Gasteiger partial charge in [0.2, 0.25) is 0 Å². The predicted octanol–water partition coefficient (Wildman–Crippen LogP) is 2.58. The van der Waals surface area contributed by atoms with Crippen LogP contribution in [-0.4, -0.2) is 9.97 Å². The third-order valence-corrected chi connectivity index (χ3v) is 2.60. The van der Waals surface area contributed by atoms with Crippen molar-refractivity contribution < 1.29 is 0 Å². The van der Waals surface area contributed by atoms with Gasteiger partial charge in [0.1, 0.15) is 5.65 Å². The summed E-state index contributed by atoms with van der Waals surface area (Å²) in [6.45, 7) is 5.65. The van der Waals surface area contributed by atoms with Crippen LogP contribution < -0.4 is 11.5 Å². The molecule has 92 valence electrons. The topological polar surface area (TPSA) is 80.7 Å². The third-order valence-electron chi connectivity index (χ3n) is 2.60. The Bertz CT molecular complexity index is 647. The Morgan fingerprint density at radius 2 is 2.28 bits per heavy atom. The standard InChI is InChI=1S/C14H16N4/c1-3-4-10(7-9(2)15)11-8-18-14-13(11)12(16)5-6-17-14/h3-8H,2,15H2,1H3,(H3,16,17,18)/b4-3-,10-7+. The normalized spacial score (nSPS) is 12.4. The van der Waals surface area contributed by atoms with Crippen molar-refractivity contribution in [2.24, 2.45) is 5.73 Å². The quantitative estimate of drug-likeness (QED) is 0.721. The maximum absolute atomic E-state index is 6.00. The van der Waals surface area contributed by atoms with Crippen LogP contribution in [0.15, 0.2) is 49.0 Å². The molecule has 0 saturated carbocycles. The van der Waals surface area contributed by atoms with Crippen molar-refractivity contribution in [3.8, 4) is 0 Å². The lowest BCUT2D eigenvalue weighted by atomic mass is 10.0. The minimum absolute atomic E-state index is 0.500. The van der Waals surface area contributed by atoms with E-state index in [1.807, 2.05) is 31.3 Å². The molecule has 4 heteroatoms. The second-order valence-electron chi connectivity index (χ2n) is 4.00. The number of H-pyrrole nitrogens is 1. The van der Waals surface area contributed by atoms with Crippen molar-refractivity contribution in [1.29, 1.82) is 0 Å². The number of allylic oxidation sites excluding steroid dienone is 4. The summed E-state index contributed by atoms with van der Waals surface area (Å²) >= 11 is 0. The molecular formula is C14H16N4. The fourth-order valence-corrected chi connectivity index (χ4v) is 1.90. The smallest absolute Gasteiger partial charge is 0.139 e. The Kier molecular flexibility index (Phi) is 3.19. The molecule has 2 aromatic rings. The molecule has 2 aromatic heterocycles. The second-order valence-corrected chi connectivity index (χ2v) is 4.00. The van der Waals surface area contributed by atoms with Gasteiger partial charge in [0.05, 0.1) is 0 Å². The number of hydrogen-bond acceptors (Lipinski definition) is 3. The lowest BCUT2D eigenvalue weighted by Gasteiger charge is -2.03. The van der Waals surface area contributed by atoms with Gasteiger partial charge in [-0.3, -0.25) is 0 Å². The first kappa shape index (κ1) is 12.0. The Labute approximate surface area is 106 Å². The molecule has 4 nitrogen and oxygen atoms in total. The van der Waals surface area contributed by atoms with E-state index in [9.17, 15) is 0 Å². The summed E-state index contributed by atoms with van der Waals surface area (Å²) < 4.78 is 0. The molecule has 0 unspecified atom stereocenters. The molecule has 0 amide bonds. The van der Waals surface area contributed by atoms with Crippen LogP contribution in [0.4, 0.5) is 5.69 Å². The number of nitrogens with zero attached hydrogens (tertiary/aromatic N) is 1. The van der Waals surface area contributed by atoms with Crippen molar-refractivity contribution in [2.45, 2.75) is 6.92 Å². The van der Waals surface area contributed by atoms with Crippen LogP contribution in [0, 0.1) is 0 Å². The van der Waals surface area contributed by atoms with Crippen molar-refractivity contribution in [1.82, 2.24) is 9.97 Å². The van der Waals surface area contributed by atoms with E-state index >= 15 is 0 Å². The first-order valence-electron chi connectivity index (χ1n) is 5.64. The highest BCUT2D eigenvalue weighted by Crippen LogP contribution is 2.29. The molecule has 0 aromatic carbocycles. The van der Waals surface area contributed by atoms with Gasteiger partial charge in [-0.05, 0) is 24.6 Å². The molecule has 0 aliphatic carbocycles. The minimum Gasteiger partial charge on any atom is -0.399 e. The number of nitrogen functional groups attached to an aromatic ring is 1. The number of fused-ring (bicyclic) bond motifs is 1. The van der Waals surface area contributed by atoms with Gasteiger partial charge in [0.15, 0.2) is 0 Å². The van der Waals surface area contributed by atoms with Crippen molar-refractivity contribution >= 4 is 22.3 Å². The second kappa shape index (κ2) is 4.79. The fraction of sp³-hybridized carbons (Fsp3) is 0.0714. The van der Waals surface area contributed by atoms with E-state index in [0.717, 1.165) is 22.2 Å². The van der Waals surface area contributed by atoms with E-state index in [-0.39, 0.29) is 0 Å². The first-order chi connectivity index (χ1) is 8.63. The molecule has 0 fully saturated rings. The summed E-state index contributed by atoms with van der Waals surface area (Å²) in [5, 5.41) is 0.906. The number of aromatic nitrogens is 2. The average molecular weight is 240 g/mol. The molecule has 0 atom stereocenters. The molecule has 5 N–H and O–H groups in total. The van der Waals surface area contributed by atoms with Crippen LogP contribution in [0.1, 0.15) is 12.5 Å². The molecule has 0 aliphatic heterocycles. The Balaban J connectivity index is 2.69. The monoisotopic (exact) mass is 240 g/mol. The van der Waals surface area contributed by atoms with Crippen molar-refractivity contribution in [3.05, 3.63) is 54.5 Å². The number of rotatable bonds is 3. The molecule has 0 aliphatic rings. The van der Waals surface area contributed by atoms with E-state index in [4.69, 9.17) is 11.5 Å². The van der Waals surface area contributed by atoms with Gasteiger partial charge >= 0.3 is 0 Å². The maximum atomic E-state index is 6.00. The van der Waals surface area contributed by atoms with Crippen LogP contribution in [0.5, 0.6) is 0 Å². The lowest BCUT2D eigenvalue weighted by molar-refractivity contribution is 1.33. The average Bonchev–Trinajstić information content (AvgIpc) is 2.73.